The molecule has 0 N–H and O–H groups in total. The summed E-state index contributed by atoms with van der Waals surface area (Å²) in [6.45, 7) is 0. The largest absolute Gasteiger partial charge is 0.375 e. The first-order valence-electron chi connectivity index (χ1n) is 3.36. The van der Waals surface area contributed by atoms with Crippen molar-refractivity contribution >= 4 is 5.97 Å². The summed E-state index contributed by atoms with van der Waals surface area (Å²) in [6.07, 6.45) is 2.78. The van der Waals surface area contributed by atoms with Crippen LogP contribution in [0.1, 0.15) is 10.5 Å². The number of hydrogen-bond donors (Lipinski definition) is 0. The highest BCUT2D eigenvalue weighted by Gasteiger charge is 2.08. The van der Waals surface area contributed by atoms with Crippen LogP contribution in [0, 0.1) is 0 Å². The zero-order valence-corrected chi connectivity index (χ0v) is 6.89. The molecule has 0 aliphatic rings. The van der Waals surface area contributed by atoms with Gasteiger partial charge in [0.25, 0.3) is 0 Å². The second-order valence-electron chi connectivity index (χ2n) is 2.29. The Kier molecular flexibility index (Phi) is 2.71. The van der Waals surface area contributed by atoms with Gasteiger partial charge in [-0.2, -0.15) is 0 Å². The first-order valence-corrected chi connectivity index (χ1v) is 3.36. The lowest BCUT2D eigenvalue weighted by molar-refractivity contribution is -0.0718. The molecule has 0 unspecified atom stereocenters. The van der Waals surface area contributed by atoms with Gasteiger partial charge in [0.05, 0.1) is 0 Å². The number of carbonyl (C=O) groups is 1. The summed E-state index contributed by atoms with van der Waals surface area (Å²) in [5, 5.41) is 1.31. The van der Waals surface area contributed by atoms with E-state index in [0.29, 0.717) is 0 Å². The molecule has 12 heavy (non-hydrogen) atoms. The van der Waals surface area contributed by atoms with Crippen molar-refractivity contribution in [2.24, 2.45) is 0 Å². The molecule has 0 spiro atoms. The first kappa shape index (κ1) is 8.61. The van der Waals surface area contributed by atoms with Gasteiger partial charge in [0, 0.05) is 20.3 Å². The summed E-state index contributed by atoms with van der Waals surface area (Å²) in [7, 11) is 3.25. The lowest BCUT2D eigenvalue weighted by Crippen LogP contribution is -2.19. The fourth-order valence-electron chi connectivity index (χ4n) is 0.624. The zero-order valence-electron chi connectivity index (χ0n) is 6.89. The van der Waals surface area contributed by atoms with Gasteiger partial charge in [-0.25, -0.2) is 14.8 Å². The monoisotopic (exact) mass is 167 g/mol. The third-order valence-corrected chi connectivity index (χ3v) is 1.06. The van der Waals surface area contributed by atoms with Crippen LogP contribution in [0.15, 0.2) is 18.6 Å². The Morgan fingerprint density at radius 3 is 2.83 bits per heavy atom. The maximum absolute atomic E-state index is 11.1. The Hall–Kier alpha value is -1.49. The van der Waals surface area contributed by atoms with Gasteiger partial charge in [-0.1, -0.05) is 0 Å². The van der Waals surface area contributed by atoms with Crippen LogP contribution in [0.2, 0.25) is 0 Å². The predicted molar refractivity (Wildman–Crippen MR) is 41.1 cm³/mol. The minimum absolute atomic E-state index is 0.249. The SMILES string of the molecule is CN(C)OC(=O)c1ccncn1. The fourth-order valence-corrected chi connectivity index (χ4v) is 0.624. The van der Waals surface area contributed by atoms with Gasteiger partial charge in [-0.15, -0.1) is 5.06 Å². The highest BCUT2D eigenvalue weighted by molar-refractivity contribution is 5.86. The van der Waals surface area contributed by atoms with Crippen molar-refractivity contribution in [1.29, 1.82) is 0 Å². The Balaban J connectivity index is 2.66. The van der Waals surface area contributed by atoms with E-state index in [-0.39, 0.29) is 5.69 Å². The van der Waals surface area contributed by atoms with E-state index in [1.807, 2.05) is 0 Å². The molecule has 0 aliphatic carbocycles. The minimum atomic E-state index is -0.484. The van der Waals surface area contributed by atoms with Crippen molar-refractivity contribution < 1.29 is 9.63 Å². The van der Waals surface area contributed by atoms with Gasteiger partial charge >= 0.3 is 5.97 Å². The van der Waals surface area contributed by atoms with E-state index in [1.165, 1.54) is 23.7 Å². The maximum Gasteiger partial charge on any atom is 0.375 e. The van der Waals surface area contributed by atoms with E-state index in [2.05, 4.69) is 9.97 Å². The van der Waals surface area contributed by atoms with Crippen molar-refractivity contribution in [3.05, 3.63) is 24.3 Å². The summed E-state index contributed by atoms with van der Waals surface area (Å²) in [4.78, 5) is 23.2. The molecule has 0 aromatic carbocycles. The Morgan fingerprint density at radius 2 is 2.33 bits per heavy atom. The standard InChI is InChI=1S/C7H9N3O2/c1-10(2)12-7(11)6-3-4-8-5-9-6/h3-5H,1-2H3. The third-order valence-electron chi connectivity index (χ3n) is 1.06. The van der Waals surface area contributed by atoms with Crippen LogP contribution < -0.4 is 0 Å². The molecule has 0 saturated heterocycles. The molecule has 0 radical (unpaired) electrons. The molecule has 0 saturated carbocycles. The van der Waals surface area contributed by atoms with Crippen molar-refractivity contribution in [2.75, 3.05) is 14.1 Å². The molecule has 1 aromatic heterocycles. The topological polar surface area (TPSA) is 55.3 Å². The second-order valence-corrected chi connectivity index (χ2v) is 2.29. The van der Waals surface area contributed by atoms with Crippen molar-refractivity contribution in [1.82, 2.24) is 15.0 Å². The highest BCUT2D eigenvalue weighted by atomic mass is 16.7. The molecule has 64 valence electrons. The van der Waals surface area contributed by atoms with Crippen LogP contribution in [0.5, 0.6) is 0 Å². The van der Waals surface area contributed by atoms with E-state index in [1.54, 1.807) is 14.1 Å². The summed E-state index contributed by atoms with van der Waals surface area (Å²) in [6, 6.07) is 1.49. The molecule has 5 heteroatoms. The second kappa shape index (κ2) is 3.77. The molecule has 5 nitrogen and oxygen atoms in total. The van der Waals surface area contributed by atoms with Crippen LogP contribution >= 0.6 is 0 Å². The van der Waals surface area contributed by atoms with E-state index < -0.39 is 5.97 Å². The average molecular weight is 167 g/mol. The van der Waals surface area contributed by atoms with E-state index in [9.17, 15) is 4.79 Å². The molecular formula is C7H9N3O2. The molecule has 1 rings (SSSR count). The number of rotatable bonds is 2. The van der Waals surface area contributed by atoms with E-state index >= 15 is 0 Å². The van der Waals surface area contributed by atoms with Crippen molar-refractivity contribution in [3.8, 4) is 0 Å². The number of hydrogen-bond acceptors (Lipinski definition) is 5. The van der Waals surface area contributed by atoms with Gasteiger partial charge < -0.3 is 4.84 Å². The normalized spacial score (nSPS) is 9.92. The Morgan fingerprint density at radius 1 is 1.58 bits per heavy atom. The van der Waals surface area contributed by atoms with Crippen LogP contribution in [0.25, 0.3) is 0 Å². The highest BCUT2D eigenvalue weighted by Crippen LogP contribution is 1.95. The zero-order chi connectivity index (χ0) is 8.97. The van der Waals surface area contributed by atoms with Crippen LogP contribution in [0.4, 0.5) is 0 Å². The molecular weight excluding hydrogens is 158 g/mol. The molecule has 1 heterocycles. The lowest BCUT2D eigenvalue weighted by atomic mass is 10.4. The Labute approximate surface area is 70.0 Å². The summed E-state index contributed by atoms with van der Waals surface area (Å²) < 4.78 is 0. The van der Waals surface area contributed by atoms with Crippen molar-refractivity contribution in [2.45, 2.75) is 0 Å². The predicted octanol–water partition coefficient (Wildman–Crippen LogP) is 0.110. The molecule has 0 fully saturated rings. The molecule has 0 bridgehead atoms. The van der Waals surface area contributed by atoms with Gasteiger partial charge in [-0.05, 0) is 6.07 Å². The number of nitrogens with zero attached hydrogens (tertiary/aromatic N) is 3. The summed E-state index contributed by atoms with van der Waals surface area (Å²) in [5.41, 5.74) is 0.249. The quantitative estimate of drug-likeness (QED) is 0.585. The third kappa shape index (κ3) is 2.28. The van der Waals surface area contributed by atoms with Gasteiger partial charge in [0.2, 0.25) is 0 Å². The van der Waals surface area contributed by atoms with Crippen LogP contribution in [-0.4, -0.2) is 35.1 Å². The first-order chi connectivity index (χ1) is 5.70. The van der Waals surface area contributed by atoms with Gasteiger partial charge in [-0.3, -0.25) is 0 Å². The molecule has 0 amide bonds. The van der Waals surface area contributed by atoms with Crippen LogP contribution in [0.3, 0.4) is 0 Å². The van der Waals surface area contributed by atoms with E-state index in [4.69, 9.17) is 4.84 Å². The number of aromatic nitrogens is 2. The Bertz CT molecular complexity index is 261. The molecule has 0 atom stereocenters. The number of hydroxylamine groups is 2. The summed E-state index contributed by atoms with van der Waals surface area (Å²) >= 11 is 0. The number of carbonyl (C=O) groups excluding carboxylic acids is 1. The smallest absolute Gasteiger partial charge is 0.363 e. The van der Waals surface area contributed by atoms with E-state index in [0.717, 1.165) is 0 Å². The van der Waals surface area contributed by atoms with Crippen LogP contribution in [-0.2, 0) is 4.84 Å². The minimum Gasteiger partial charge on any atom is -0.363 e. The molecule has 1 aromatic rings. The van der Waals surface area contributed by atoms with Gasteiger partial charge in [0.1, 0.15) is 6.33 Å². The lowest BCUT2D eigenvalue weighted by Gasteiger charge is -2.08. The van der Waals surface area contributed by atoms with Crippen molar-refractivity contribution in [3.63, 3.8) is 0 Å². The fraction of sp³-hybridized carbons (Fsp3) is 0.286. The maximum atomic E-state index is 11.1. The average Bonchev–Trinajstić information content (AvgIpc) is 2.05. The summed E-state index contributed by atoms with van der Waals surface area (Å²) in [5.74, 6) is -0.484. The molecule has 0 aliphatic heterocycles. The van der Waals surface area contributed by atoms with Gasteiger partial charge in [0.15, 0.2) is 5.69 Å².